The topological polar surface area (TPSA) is 66.5 Å². The molecule has 0 saturated heterocycles. The van der Waals surface area contributed by atoms with Crippen LogP contribution in [-0.4, -0.2) is 27.1 Å². The zero-order valence-corrected chi connectivity index (χ0v) is 20.1. The summed E-state index contributed by atoms with van der Waals surface area (Å²) in [6.45, 7) is 3.55. The van der Waals surface area contributed by atoms with E-state index in [0.717, 1.165) is 37.3 Å². The van der Waals surface area contributed by atoms with E-state index in [1.54, 1.807) is 18.2 Å². The van der Waals surface area contributed by atoms with Crippen molar-refractivity contribution in [2.24, 2.45) is 0 Å². The number of amides is 1. The Hall–Kier alpha value is -2.64. The Morgan fingerprint density at radius 3 is 2.23 bits per heavy atom. The number of halogens is 1. The van der Waals surface area contributed by atoms with Gasteiger partial charge >= 0.3 is 0 Å². The summed E-state index contributed by atoms with van der Waals surface area (Å²) < 4.78 is 27.0. The highest BCUT2D eigenvalue weighted by Crippen LogP contribution is 2.26. The fraction of sp³-hybridized carbons (Fsp3) is 0.208. The van der Waals surface area contributed by atoms with Crippen LogP contribution in [0.5, 0.6) is 0 Å². The van der Waals surface area contributed by atoms with Gasteiger partial charge in [-0.25, -0.2) is 8.42 Å². The zero-order valence-electron chi connectivity index (χ0n) is 17.7. The maximum absolute atomic E-state index is 13.1. The van der Waals surface area contributed by atoms with Crippen LogP contribution >= 0.6 is 15.9 Å². The molecule has 0 spiro atoms. The van der Waals surface area contributed by atoms with Gasteiger partial charge in [-0.15, -0.1) is 0 Å². The summed E-state index contributed by atoms with van der Waals surface area (Å²) >= 11 is 3.42. The van der Waals surface area contributed by atoms with Gasteiger partial charge in [0.05, 0.1) is 18.0 Å². The minimum Gasteiger partial charge on any atom is -0.344 e. The van der Waals surface area contributed by atoms with E-state index >= 15 is 0 Å². The molecule has 0 fully saturated rings. The third-order valence-corrected chi connectivity index (χ3v) is 7.09. The first-order valence-corrected chi connectivity index (χ1v) is 12.4. The molecule has 0 aliphatic rings. The Balaban J connectivity index is 1.92. The molecule has 0 saturated carbocycles. The average molecular weight is 501 g/mol. The van der Waals surface area contributed by atoms with Gasteiger partial charge in [-0.2, -0.15) is 0 Å². The Labute approximate surface area is 192 Å². The second kappa shape index (κ2) is 9.66. The monoisotopic (exact) mass is 500 g/mol. The Morgan fingerprint density at radius 1 is 0.968 bits per heavy atom. The number of aryl methyl sites for hydroxylation is 2. The molecule has 0 aromatic heterocycles. The first-order valence-electron chi connectivity index (χ1n) is 9.80. The summed E-state index contributed by atoms with van der Waals surface area (Å²) in [5.74, 6) is -0.386. The third kappa shape index (κ3) is 5.74. The number of carbonyl (C=O) groups is 1. The predicted octanol–water partition coefficient (Wildman–Crippen LogP) is 4.74. The molecule has 0 aliphatic carbocycles. The minimum atomic E-state index is -3.66. The van der Waals surface area contributed by atoms with Crippen LogP contribution in [0.3, 0.4) is 0 Å². The fourth-order valence-electron chi connectivity index (χ4n) is 3.42. The highest BCUT2D eigenvalue weighted by atomic mass is 79.9. The number of hydrogen-bond donors (Lipinski definition) is 1. The molecule has 162 valence electrons. The van der Waals surface area contributed by atoms with Crippen molar-refractivity contribution in [2.45, 2.75) is 19.9 Å². The summed E-state index contributed by atoms with van der Waals surface area (Å²) in [6.07, 6.45) is 1.10. The van der Waals surface area contributed by atoms with Gasteiger partial charge in [0.1, 0.15) is 6.54 Å². The largest absolute Gasteiger partial charge is 0.344 e. The van der Waals surface area contributed by atoms with Crippen molar-refractivity contribution in [2.75, 3.05) is 17.1 Å². The van der Waals surface area contributed by atoms with E-state index in [4.69, 9.17) is 0 Å². The van der Waals surface area contributed by atoms with Crippen molar-refractivity contribution >= 4 is 37.5 Å². The van der Waals surface area contributed by atoms with E-state index < -0.39 is 10.0 Å². The standard InChI is InChI=1S/C24H25BrN2O3S/c1-17-9-7-8-12-21(17)24(19-10-5-4-6-11-19)26-23(28)16-27(31(3,29)30)20-13-14-22(25)18(2)15-20/h4-15,24H,16H2,1-3H3,(H,26,28)/t24-/m0/s1. The van der Waals surface area contributed by atoms with Crippen molar-refractivity contribution in [1.82, 2.24) is 5.32 Å². The van der Waals surface area contributed by atoms with Crippen molar-refractivity contribution in [3.05, 3.63) is 99.5 Å². The molecule has 1 N–H and O–H groups in total. The lowest BCUT2D eigenvalue weighted by Gasteiger charge is -2.26. The summed E-state index contributed by atoms with van der Waals surface area (Å²) in [6, 6.07) is 22.3. The summed E-state index contributed by atoms with van der Waals surface area (Å²) in [5, 5.41) is 3.03. The maximum atomic E-state index is 13.1. The molecule has 31 heavy (non-hydrogen) atoms. The van der Waals surface area contributed by atoms with Crippen LogP contribution < -0.4 is 9.62 Å². The van der Waals surface area contributed by atoms with Gasteiger partial charge in [0.15, 0.2) is 0 Å². The highest BCUT2D eigenvalue weighted by molar-refractivity contribution is 9.10. The molecule has 5 nitrogen and oxygen atoms in total. The number of benzene rings is 3. The van der Waals surface area contributed by atoms with Gasteiger partial charge < -0.3 is 5.32 Å². The second-order valence-electron chi connectivity index (χ2n) is 7.47. The Bertz CT molecular complexity index is 1180. The average Bonchev–Trinajstić information content (AvgIpc) is 2.73. The molecule has 3 aromatic rings. The summed E-state index contributed by atoms with van der Waals surface area (Å²) in [4.78, 5) is 13.1. The molecular weight excluding hydrogens is 476 g/mol. The van der Waals surface area contributed by atoms with Crippen LogP contribution in [-0.2, 0) is 14.8 Å². The predicted molar refractivity (Wildman–Crippen MR) is 129 cm³/mol. The van der Waals surface area contributed by atoms with Gasteiger partial charge in [0, 0.05) is 4.47 Å². The molecular formula is C24H25BrN2O3S. The summed E-state index contributed by atoms with van der Waals surface area (Å²) in [7, 11) is -3.66. The number of carbonyl (C=O) groups excluding carboxylic acids is 1. The molecule has 1 atom stereocenters. The van der Waals surface area contributed by atoms with E-state index in [1.807, 2.05) is 68.4 Å². The van der Waals surface area contributed by atoms with Gasteiger partial charge in [-0.05, 0) is 54.3 Å². The first kappa shape index (κ1) is 23.0. The van der Waals surface area contributed by atoms with Crippen LogP contribution in [0.25, 0.3) is 0 Å². The summed E-state index contributed by atoms with van der Waals surface area (Å²) in [5.41, 5.74) is 4.27. The molecule has 0 radical (unpaired) electrons. The van der Waals surface area contributed by atoms with Crippen molar-refractivity contribution in [3.8, 4) is 0 Å². The van der Waals surface area contributed by atoms with E-state index in [0.29, 0.717) is 5.69 Å². The smallest absolute Gasteiger partial charge is 0.241 e. The van der Waals surface area contributed by atoms with Crippen molar-refractivity contribution < 1.29 is 13.2 Å². The molecule has 3 aromatic carbocycles. The number of hydrogen-bond acceptors (Lipinski definition) is 3. The number of rotatable bonds is 7. The van der Waals surface area contributed by atoms with E-state index in [1.165, 1.54) is 0 Å². The van der Waals surface area contributed by atoms with Crippen LogP contribution in [0.4, 0.5) is 5.69 Å². The van der Waals surface area contributed by atoms with Gasteiger partial charge in [0.25, 0.3) is 0 Å². The zero-order chi connectivity index (χ0) is 22.6. The number of nitrogens with one attached hydrogen (secondary N) is 1. The lowest BCUT2D eigenvalue weighted by Crippen LogP contribution is -2.42. The van der Waals surface area contributed by atoms with Gasteiger partial charge in [0.2, 0.25) is 15.9 Å². The van der Waals surface area contributed by atoms with Crippen LogP contribution in [0.1, 0.15) is 28.3 Å². The lowest BCUT2D eigenvalue weighted by atomic mass is 9.95. The lowest BCUT2D eigenvalue weighted by molar-refractivity contribution is -0.120. The normalized spacial score (nSPS) is 12.3. The molecule has 1 amide bonds. The minimum absolute atomic E-state index is 0.310. The molecule has 0 aliphatic heterocycles. The quantitative estimate of drug-likeness (QED) is 0.509. The van der Waals surface area contributed by atoms with Crippen molar-refractivity contribution in [1.29, 1.82) is 0 Å². The van der Waals surface area contributed by atoms with Crippen LogP contribution in [0, 0.1) is 13.8 Å². The van der Waals surface area contributed by atoms with Crippen molar-refractivity contribution in [3.63, 3.8) is 0 Å². The Morgan fingerprint density at radius 2 is 1.61 bits per heavy atom. The number of nitrogens with zero attached hydrogens (tertiary/aromatic N) is 1. The Kier molecular flexibility index (Phi) is 7.18. The molecule has 0 unspecified atom stereocenters. The number of sulfonamides is 1. The fourth-order valence-corrected chi connectivity index (χ4v) is 4.51. The van der Waals surface area contributed by atoms with E-state index in [9.17, 15) is 13.2 Å². The van der Waals surface area contributed by atoms with E-state index in [-0.39, 0.29) is 18.5 Å². The molecule has 0 heterocycles. The van der Waals surface area contributed by atoms with Gasteiger partial charge in [-0.3, -0.25) is 9.10 Å². The first-order chi connectivity index (χ1) is 14.7. The van der Waals surface area contributed by atoms with Crippen LogP contribution in [0.2, 0.25) is 0 Å². The molecule has 3 rings (SSSR count). The SMILES string of the molecule is Cc1cc(N(CC(=O)N[C@@H](c2ccccc2)c2ccccc2C)S(C)(=O)=O)ccc1Br. The molecule has 0 bridgehead atoms. The van der Waals surface area contributed by atoms with Gasteiger partial charge in [-0.1, -0.05) is 70.5 Å². The number of anilines is 1. The second-order valence-corrected chi connectivity index (χ2v) is 10.2. The van der Waals surface area contributed by atoms with Crippen LogP contribution in [0.15, 0.2) is 77.3 Å². The highest BCUT2D eigenvalue weighted by Gasteiger charge is 2.24. The maximum Gasteiger partial charge on any atom is 0.241 e. The van der Waals surface area contributed by atoms with E-state index in [2.05, 4.69) is 21.2 Å². The third-order valence-electron chi connectivity index (χ3n) is 5.05. The molecule has 7 heteroatoms.